The van der Waals surface area contributed by atoms with Crippen LogP contribution in [0.15, 0.2) is 24.3 Å². The lowest BCUT2D eigenvalue weighted by molar-refractivity contribution is 0.0536. The number of ether oxygens (including phenoxy) is 1. The highest BCUT2D eigenvalue weighted by Gasteiger charge is 2.22. The number of aryl methyl sites for hydroxylation is 1. The van der Waals surface area contributed by atoms with Crippen molar-refractivity contribution < 1.29 is 9.84 Å². The van der Waals surface area contributed by atoms with Gasteiger partial charge < -0.3 is 14.4 Å². The topological polar surface area (TPSA) is 34.4 Å². The van der Waals surface area contributed by atoms with E-state index in [1.165, 1.54) is 22.2 Å². The average Bonchev–Trinajstić information content (AvgIpc) is 2.89. The molecular formula is C21H37NO2. The molecule has 2 aromatic rings. The molecule has 1 heterocycles. The minimum absolute atomic E-state index is 0.0414. The maximum atomic E-state index is 10.1. The van der Waals surface area contributed by atoms with E-state index in [-0.39, 0.29) is 5.41 Å². The standard InChI is InChI=1S/C17H25NO2.2C2H6/c1-12-6-7-15-13(8-12)9-16(17(2,3)4)18(15)10-14(19)11-20-5;2*1-2/h6-9,14,19H,10-11H2,1-5H3;2*1-2H3. The first-order chi connectivity index (χ1) is 11.3. The molecule has 138 valence electrons. The molecule has 1 atom stereocenters. The van der Waals surface area contributed by atoms with Crippen LogP contribution >= 0.6 is 0 Å². The van der Waals surface area contributed by atoms with Crippen molar-refractivity contribution in [1.29, 1.82) is 0 Å². The molecule has 0 saturated carbocycles. The summed E-state index contributed by atoms with van der Waals surface area (Å²) in [5.74, 6) is 0. The fourth-order valence-electron chi connectivity index (χ4n) is 2.66. The second kappa shape index (κ2) is 10.5. The summed E-state index contributed by atoms with van der Waals surface area (Å²) < 4.78 is 7.27. The zero-order chi connectivity index (χ0) is 18.9. The molecule has 3 nitrogen and oxygen atoms in total. The molecule has 0 aliphatic rings. The van der Waals surface area contributed by atoms with Gasteiger partial charge in [-0.2, -0.15) is 0 Å². The van der Waals surface area contributed by atoms with Gasteiger partial charge >= 0.3 is 0 Å². The van der Waals surface area contributed by atoms with Crippen molar-refractivity contribution in [2.75, 3.05) is 13.7 Å². The first-order valence-corrected chi connectivity index (χ1v) is 9.10. The van der Waals surface area contributed by atoms with Crippen molar-refractivity contribution in [2.24, 2.45) is 0 Å². The Morgan fingerprint density at radius 3 is 2.17 bits per heavy atom. The lowest BCUT2D eigenvalue weighted by atomic mass is 9.92. The molecule has 2 rings (SSSR count). The van der Waals surface area contributed by atoms with Crippen LogP contribution in [0.3, 0.4) is 0 Å². The van der Waals surface area contributed by atoms with Crippen molar-refractivity contribution >= 4 is 10.9 Å². The van der Waals surface area contributed by atoms with E-state index in [0.29, 0.717) is 13.2 Å². The van der Waals surface area contributed by atoms with Crippen molar-refractivity contribution in [1.82, 2.24) is 4.57 Å². The van der Waals surface area contributed by atoms with Crippen molar-refractivity contribution in [3.8, 4) is 0 Å². The summed E-state index contributed by atoms with van der Waals surface area (Å²) in [7, 11) is 1.62. The van der Waals surface area contributed by atoms with Crippen LogP contribution in [-0.4, -0.2) is 29.5 Å². The van der Waals surface area contributed by atoms with Gasteiger partial charge in [0.25, 0.3) is 0 Å². The lowest BCUT2D eigenvalue weighted by Gasteiger charge is -2.23. The van der Waals surface area contributed by atoms with E-state index in [9.17, 15) is 5.11 Å². The van der Waals surface area contributed by atoms with Gasteiger partial charge in [-0.3, -0.25) is 0 Å². The molecule has 0 bridgehead atoms. The van der Waals surface area contributed by atoms with E-state index in [1.807, 2.05) is 27.7 Å². The SMILES string of the molecule is CC.CC.COCC(O)Cn1c(C(C)(C)C)cc2cc(C)ccc21. The minimum Gasteiger partial charge on any atom is -0.389 e. The lowest BCUT2D eigenvalue weighted by Crippen LogP contribution is -2.25. The molecule has 0 aliphatic heterocycles. The molecule has 1 unspecified atom stereocenters. The number of hydrogen-bond acceptors (Lipinski definition) is 2. The highest BCUT2D eigenvalue weighted by molar-refractivity contribution is 5.82. The van der Waals surface area contributed by atoms with Crippen molar-refractivity contribution in [2.45, 2.75) is 73.5 Å². The van der Waals surface area contributed by atoms with Gasteiger partial charge in [0.15, 0.2) is 0 Å². The zero-order valence-electron chi connectivity index (χ0n) is 17.1. The third-order valence-electron chi connectivity index (χ3n) is 3.58. The summed E-state index contributed by atoms with van der Waals surface area (Å²) in [4.78, 5) is 0. The number of fused-ring (bicyclic) bond motifs is 1. The van der Waals surface area contributed by atoms with E-state index < -0.39 is 6.10 Å². The molecule has 3 heteroatoms. The Hall–Kier alpha value is -1.32. The molecule has 0 fully saturated rings. The number of aliphatic hydroxyl groups is 1. The van der Waals surface area contributed by atoms with Gasteiger partial charge in [0, 0.05) is 29.1 Å². The van der Waals surface area contributed by atoms with Gasteiger partial charge in [-0.15, -0.1) is 0 Å². The number of rotatable bonds is 4. The van der Waals surface area contributed by atoms with Gasteiger partial charge in [-0.05, 0) is 25.1 Å². The zero-order valence-corrected chi connectivity index (χ0v) is 17.1. The highest BCUT2D eigenvalue weighted by Crippen LogP contribution is 2.30. The maximum Gasteiger partial charge on any atom is 0.0952 e. The van der Waals surface area contributed by atoms with Crippen LogP contribution in [-0.2, 0) is 16.7 Å². The van der Waals surface area contributed by atoms with Crippen LogP contribution in [0, 0.1) is 6.92 Å². The normalized spacial score (nSPS) is 12.1. The summed E-state index contributed by atoms with van der Waals surface area (Å²) in [6, 6.07) is 8.69. The Morgan fingerprint density at radius 2 is 1.67 bits per heavy atom. The van der Waals surface area contributed by atoms with Gasteiger partial charge in [-0.1, -0.05) is 60.1 Å². The monoisotopic (exact) mass is 335 g/mol. The molecule has 1 aromatic heterocycles. The van der Waals surface area contributed by atoms with E-state index >= 15 is 0 Å². The minimum atomic E-state index is -0.488. The number of aromatic nitrogens is 1. The van der Waals surface area contributed by atoms with E-state index in [2.05, 4.69) is 56.5 Å². The second-order valence-electron chi connectivity index (χ2n) is 6.56. The highest BCUT2D eigenvalue weighted by atomic mass is 16.5. The van der Waals surface area contributed by atoms with Crippen LogP contribution in [0.1, 0.15) is 59.7 Å². The van der Waals surface area contributed by atoms with Gasteiger partial charge in [0.05, 0.1) is 19.3 Å². The number of benzene rings is 1. The largest absolute Gasteiger partial charge is 0.389 e. The summed E-state index contributed by atoms with van der Waals surface area (Å²) in [5, 5.41) is 11.3. The van der Waals surface area contributed by atoms with E-state index in [0.717, 1.165) is 0 Å². The van der Waals surface area contributed by atoms with Crippen LogP contribution < -0.4 is 0 Å². The fraction of sp³-hybridized carbons (Fsp3) is 0.619. The first kappa shape index (κ1) is 22.7. The molecule has 24 heavy (non-hydrogen) atoms. The molecule has 0 amide bonds. The van der Waals surface area contributed by atoms with Crippen LogP contribution in [0.4, 0.5) is 0 Å². The Labute approximate surface area is 148 Å². The summed E-state index contributed by atoms with van der Waals surface area (Å²) in [6.45, 7) is 17.6. The quantitative estimate of drug-likeness (QED) is 0.822. The van der Waals surface area contributed by atoms with Gasteiger partial charge in [-0.25, -0.2) is 0 Å². The number of hydrogen-bond donors (Lipinski definition) is 1. The predicted molar refractivity (Wildman–Crippen MR) is 106 cm³/mol. The van der Waals surface area contributed by atoms with E-state index in [1.54, 1.807) is 7.11 Å². The number of nitrogens with zero attached hydrogens (tertiary/aromatic N) is 1. The van der Waals surface area contributed by atoms with Crippen molar-refractivity contribution in [3.05, 3.63) is 35.5 Å². The summed E-state index contributed by atoms with van der Waals surface area (Å²) >= 11 is 0. The van der Waals surface area contributed by atoms with Crippen molar-refractivity contribution in [3.63, 3.8) is 0 Å². The third-order valence-corrected chi connectivity index (χ3v) is 3.58. The molecular weight excluding hydrogens is 298 g/mol. The molecule has 0 aliphatic carbocycles. The molecule has 1 N–H and O–H groups in total. The summed E-state index contributed by atoms with van der Waals surface area (Å²) in [5.41, 5.74) is 3.72. The molecule has 1 aromatic carbocycles. The average molecular weight is 336 g/mol. The predicted octanol–water partition coefficient (Wildman–Crippen LogP) is 5.31. The number of methoxy groups -OCH3 is 1. The molecule has 0 spiro atoms. The van der Waals surface area contributed by atoms with Crippen LogP contribution in [0.5, 0.6) is 0 Å². The van der Waals surface area contributed by atoms with Crippen LogP contribution in [0.2, 0.25) is 0 Å². The third kappa shape index (κ3) is 5.95. The maximum absolute atomic E-state index is 10.1. The summed E-state index contributed by atoms with van der Waals surface area (Å²) in [6.07, 6.45) is -0.488. The van der Waals surface area contributed by atoms with Gasteiger partial charge in [0.2, 0.25) is 0 Å². The fourth-order valence-corrected chi connectivity index (χ4v) is 2.66. The molecule has 0 radical (unpaired) electrons. The number of aliphatic hydroxyl groups excluding tert-OH is 1. The molecule has 0 saturated heterocycles. The smallest absolute Gasteiger partial charge is 0.0952 e. The van der Waals surface area contributed by atoms with Gasteiger partial charge in [0.1, 0.15) is 0 Å². The Bertz CT molecular complexity index is 594. The second-order valence-corrected chi connectivity index (χ2v) is 6.56. The van der Waals surface area contributed by atoms with Crippen LogP contribution in [0.25, 0.3) is 10.9 Å². The van der Waals surface area contributed by atoms with E-state index in [4.69, 9.17) is 4.74 Å². The Kier molecular flexibility index (Phi) is 9.95. The Balaban J connectivity index is 0.00000123. The Morgan fingerprint density at radius 1 is 1.08 bits per heavy atom. The first-order valence-electron chi connectivity index (χ1n) is 9.10.